The highest BCUT2D eigenvalue weighted by Crippen LogP contribution is 2.31. The molecule has 0 radical (unpaired) electrons. The van der Waals surface area contributed by atoms with E-state index in [1.807, 2.05) is 0 Å². The van der Waals surface area contributed by atoms with E-state index in [1.54, 1.807) is 4.90 Å². The molecule has 1 N–H and O–H groups in total. The van der Waals surface area contributed by atoms with Gasteiger partial charge in [-0.1, -0.05) is 32.1 Å². The van der Waals surface area contributed by atoms with Crippen LogP contribution in [0.25, 0.3) is 0 Å². The Hall–Kier alpha value is -2.11. The SMILES string of the molecule is O=C1CCCc2occ(C(=O)N3CCNC(=O)C3CC3CCCCC3)c21. The van der Waals surface area contributed by atoms with Crippen LogP contribution in [0.15, 0.2) is 10.7 Å². The molecule has 1 atom stereocenters. The zero-order valence-corrected chi connectivity index (χ0v) is 15.1. The third-order valence-electron chi connectivity index (χ3n) is 6.06. The van der Waals surface area contributed by atoms with Crippen molar-refractivity contribution in [2.24, 2.45) is 5.92 Å². The molecule has 0 spiro atoms. The number of ketones is 1. The molecule has 1 unspecified atom stereocenters. The first-order chi connectivity index (χ1) is 12.6. The summed E-state index contributed by atoms with van der Waals surface area (Å²) >= 11 is 0. The van der Waals surface area contributed by atoms with Gasteiger partial charge in [0.05, 0.1) is 11.1 Å². The summed E-state index contributed by atoms with van der Waals surface area (Å²) in [6.07, 6.45) is 9.98. The number of carbonyl (C=O) groups is 3. The van der Waals surface area contributed by atoms with Gasteiger partial charge in [-0.05, 0) is 18.8 Å². The first-order valence-electron chi connectivity index (χ1n) is 9.87. The van der Waals surface area contributed by atoms with Crippen molar-refractivity contribution >= 4 is 17.6 Å². The molecule has 2 fully saturated rings. The number of hydrogen-bond donors (Lipinski definition) is 1. The maximum atomic E-state index is 13.2. The summed E-state index contributed by atoms with van der Waals surface area (Å²) in [7, 11) is 0. The first-order valence-corrected chi connectivity index (χ1v) is 9.87. The van der Waals surface area contributed by atoms with Crippen molar-refractivity contribution in [3.05, 3.63) is 23.2 Å². The lowest BCUT2D eigenvalue weighted by Gasteiger charge is -2.37. The van der Waals surface area contributed by atoms with Crippen molar-refractivity contribution in [1.82, 2.24) is 10.2 Å². The van der Waals surface area contributed by atoms with Crippen LogP contribution < -0.4 is 5.32 Å². The molecule has 140 valence electrons. The Balaban J connectivity index is 1.57. The second kappa shape index (κ2) is 7.25. The van der Waals surface area contributed by atoms with Gasteiger partial charge >= 0.3 is 0 Å². The summed E-state index contributed by atoms with van der Waals surface area (Å²) in [5.74, 6) is 0.788. The average molecular weight is 358 g/mol. The molecule has 0 aromatic carbocycles. The molecule has 1 saturated heterocycles. The summed E-state index contributed by atoms with van der Waals surface area (Å²) in [5, 5.41) is 2.90. The molecule has 1 saturated carbocycles. The normalized spacial score (nSPS) is 24.3. The van der Waals surface area contributed by atoms with Crippen LogP contribution in [0, 0.1) is 5.92 Å². The summed E-state index contributed by atoms with van der Waals surface area (Å²) in [4.78, 5) is 39.7. The molecule has 6 heteroatoms. The Morgan fingerprint density at radius 3 is 2.77 bits per heavy atom. The third kappa shape index (κ3) is 3.17. The van der Waals surface area contributed by atoms with Crippen LogP contribution in [0.3, 0.4) is 0 Å². The summed E-state index contributed by atoms with van der Waals surface area (Å²) in [6.45, 7) is 0.940. The number of Topliss-reactive ketones (excluding diaryl/α,β-unsaturated/α-hetero) is 1. The van der Waals surface area contributed by atoms with E-state index in [0.29, 0.717) is 55.2 Å². The number of nitrogens with zero attached hydrogens (tertiary/aromatic N) is 1. The van der Waals surface area contributed by atoms with Crippen molar-refractivity contribution in [2.45, 2.75) is 63.8 Å². The number of nitrogens with one attached hydrogen (secondary N) is 1. The van der Waals surface area contributed by atoms with E-state index in [0.717, 1.165) is 19.3 Å². The van der Waals surface area contributed by atoms with Crippen molar-refractivity contribution in [2.75, 3.05) is 13.1 Å². The largest absolute Gasteiger partial charge is 0.468 e. The highest BCUT2D eigenvalue weighted by atomic mass is 16.3. The van der Waals surface area contributed by atoms with Crippen molar-refractivity contribution in [3.63, 3.8) is 0 Å². The maximum Gasteiger partial charge on any atom is 0.258 e. The standard InChI is InChI=1S/C20H26N2O4/c23-16-7-4-8-17-18(16)14(12-26-17)20(25)22-10-9-21-19(24)15(22)11-13-5-2-1-3-6-13/h12-13,15H,1-11H2,(H,21,24). The minimum Gasteiger partial charge on any atom is -0.468 e. The molecule has 1 aliphatic heterocycles. The Morgan fingerprint density at radius 2 is 1.96 bits per heavy atom. The Morgan fingerprint density at radius 1 is 1.15 bits per heavy atom. The number of furan rings is 1. The zero-order chi connectivity index (χ0) is 18.1. The van der Waals surface area contributed by atoms with E-state index in [2.05, 4.69) is 5.32 Å². The second-order valence-corrected chi connectivity index (χ2v) is 7.77. The minimum absolute atomic E-state index is 0.0198. The van der Waals surface area contributed by atoms with Gasteiger partial charge in [-0.15, -0.1) is 0 Å². The van der Waals surface area contributed by atoms with Gasteiger partial charge in [-0.3, -0.25) is 14.4 Å². The van der Waals surface area contributed by atoms with Crippen LogP contribution in [0.2, 0.25) is 0 Å². The Labute approximate surface area is 153 Å². The van der Waals surface area contributed by atoms with Crippen molar-refractivity contribution in [3.8, 4) is 0 Å². The summed E-state index contributed by atoms with van der Waals surface area (Å²) in [6, 6.07) is -0.441. The molecule has 2 heterocycles. The fourth-order valence-corrected chi connectivity index (χ4v) is 4.66. The van der Waals surface area contributed by atoms with Crippen LogP contribution in [0.5, 0.6) is 0 Å². The second-order valence-electron chi connectivity index (χ2n) is 7.77. The van der Waals surface area contributed by atoms with Gasteiger partial charge in [0, 0.05) is 25.9 Å². The quantitative estimate of drug-likeness (QED) is 0.901. The van der Waals surface area contributed by atoms with E-state index in [1.165, 1.54) is 25.5 Å². The number of piperazine rings is 1. The zero-order valence-electron chi connectivity index (χ0n) is 15.1. The van der Waals surface area contributed by atoms with Crippen molar-refractivity contribution in [1.29, 1.82) is 0 Å². The molecular weight excluding hydrogens is 332 g/mol. The Bertz CT molecular complexity index is 717. The number of amides is 2. The van der Waals surface area contributed by atoms with Crippen LogP contribution in [0.4, 0.5) is 0 Å². The number of aryl methyl sites for hydroxylation is 1. The van der Waals surface area contributed by atoms with Crippen LogP contribution >= 0.6 is 0 Å². The predicted octanol–water partition coefficient (Wildman–Crippen LogP) is 2.71. The molecule has 6 nitrogen and oxygen atoms in total. The number of fused-ring (bicyclic) bond motifs is 1. The highest BCUT2D eigenvalue weighted by molar-refractivity contribution is 6.10. The summed E-state index contributed by atoms with van der Waals surface area (Å²) < 4.78 is 5.51. The fraction of sp³-hybridized carbons (Fsp3) is 0.650. The highest BCUT2D eigenvalue weighted by Gasteiger charge is 2.38. The lowest BCUT2D eigenvalue weighted by molar-refractivity contribution is -0.128. The molecule has 2 aliphatic carbocycles. The molecule has 4 rings (SSSR count). The number of carbonyl (C=O) groups excluding carboxylic acids is 3. The van der Waals surface area contributed by atoms with Crippen LogP contribution in [-0.2, 0) is 11.2 Å². The third-order valence-corrected chi connectivity index (χ3v) is 6.06. The predicted molar refractivity (Wildman–Crippen MR) is 95.0 cm³/mol. The van der Waals surface area contributed by atoms with Crippen LogP contribution in [0.1, 0.15) is 77.8 Å². The average Bonchev–Trinajstić information content (AvgIpc) is 3.09. The van der Waals surface area contributed by atoms with E-state index in [4.69, 9.17) is 4.42 Å². The number of hydrogen-bond acceptors (Lipinski definition) is 4. The topological polar surface area (TPSA) is 79.6 Å². The van der Waals surface area contributed by atoms with Gasteiger partial charge in [0.2, 0.25) is 5.91 Å². The van der Waals surface area contributed by atoms with Crippen LogP contribution in [-0.4, -0.2) is 41.6 Å². The molecule has 1 aromatic rings. The maximum absolute atomic E-state index is 13.2. The van der Waals surface area contributed by atoms with Gasteiger partial charge in [0.15, 0.2) is 5.78 Å². The minimum atomic E-state index is -0.441. The monoisotopic (exact) mass is 358 g/mol. The van der Waals surface area contributed by atoms with Gasteiger partial charge in [-0.2, -0.15) is 0 Å². The molecule has 3 aliphatic rings. The van der Waals surface area contributed by atoms with E-state index < -0.39 is 6.04 Å². The molecule has 26 heavy (non-hydrogen) atoms. The summed E-state index contributed by atoms with van der Waals surface area (Å²) in [5.41, 5.74) is 0.789. The first kappa shape index (κ1) is 17.3. The molecule has 0 bridgehead atoms. The van der Waals surface area contributed by atoms with Gasteiger partial charge < -0.3 is 14.6 Å². The molecule has 2 amide bonds. The van der Waals surface area contributed by atoms with E-state index in [9.17, 15) is 14.4 Å². The lowest BCUT2D eigenvalue weighted by atomic mass is 9.83. The Kier molecular flexibility index (Phi) is 4.83. The molecule has 1 aromatic heterocycles. The number of rotatable bonds is 3. The fourth-order valence-electron chi connectivity index (χ4n) is 4.66. The van der Waals surface area contributed by atoms with E-state index >= 15 is 0 Å². The smallest absolute Gasteiger partial charge is 0.258 e. The lowest BCUT2D eigenvalue weighted by Crippen LogP contribution is -2.57. The van der Waals surface area contributed by atoms with E-state index in [-0.39, 0.29) is 17.6 Å². The van der Waals surface area contributed by atoms with Gasteiger partial charge in [0.25, 0.3) is 5.91 Å². The van der Waals surface area contributed by atoms with Crippen molar-refractivity contribution < 1.29 is 18.8 Å². The molecular formula is C20H26N2O4. The van der Waals surface area contributed by atoms with Gasteiger partial charge in [-0.25, -0.2) is 0 Å². The van der Waals surface area contributed by atoms with Gasteiger partial charge in [0.1, 0.15) is 18.1 Å².